The van der Waals surface area contributed by atoms with Crippen LogP contribution in [0, 0.1) is 0 Å². The number of aliphatic hydroxyl groups is 1. The van der Waals surface area contributed by atoms with Gasteiger partial charge in [0.25, 0.3) is 0 Å². The predicted octanol–water partition coefficient (Wildman–Crippen LogP) is 6.71. The molecule has 0 amide bonds. The monoisotopic (exact) mass is 570 g/mol. The van der Waals surface area contributed by atoms with E-state index in [4.69, 9.17) is 5.11 Å². The highest BCUT2D eigenvalue weighted by molar-refractivity contribution is 9.08. The van der Waals surface area contributed by atoms with Gasteiger partial charge in [-0.05, 0) is 58.7 Å². The van der Waals surface area contributed by atoms with Gasteiger partial charge in [-0.25, -0.2) is 0 Å². The van der Waals surface area contributed by atoms with Gasteiger partial charge in [0.1, 0.15) is 0 Å². The smallest absolute Gasteiger partial charge is 0.392 e. The number of benzene rings is 2. The van der Waals surface area contributed by atoms with Gasteiger partial charge in [0.15, 0.2) is 0 Å². The molecule has 0 saturated carbocycles. The molecule has 36 heavy (non-hydrogen) atoms. The molecule has 12 heteroatoms. The molecule has 188 valence electrons. The second-order valence-electron chi connectivity index (χ2n) is 7.29. The zero-order valence-corrected chi connectivity index (χ0v) is 19.8. The molecule has 4 aromatic rings. The zero-order valence-electron chi connectivity index (χ0n) is 18.2. The van der Waals surface area contributed by atoms with Crippen LogP contribution in [-0.4, -0.2) is 25.5 Å². The molecule has 2 heterocycles. The third kappa shape index (κ3) is 6.85. The van der Waals surface area contributed by atoms with Crippen molar-refractivity contribution in [3.8, 4) is 22.3 Å². The molecule has 1 N–H and O–H groups in total. The van der Waals surface area contributed by atoms with Crippen LogP contribution in [0.15, 0.2) is 73.3 Å². The number of rotatable bonds is 4. The molecular formula is C24H17BrF6N4O. The number of nitrogens with zero attached hydrogens (tertiary/aromatic N) is 4. The maximum absolute atomic E-state index is 12.7. The van der Waals surface area contributed by atoms with Gasteiger partial charge in [-0.1, -0.05) is 28.1 Å². The lowest BCUT2D eigenvalue weighted by Crippen LogP contribution is -2.06. The molecule has 0 saturated heterocycles. The fourth-order valence-electron chi connectivity index (χ4n) is 3.20. The molecule has 0 aliphatic heterocycles. The summed E-state index contributed by atoms with van der Waals surface area (Å²) >= 11 is 3.26. The van der Waals surface area contributed by atoms with Gasteiger partial charge < -0.3 is 5.11 Å². The predicted molar refractivity (Wildman–Crippen MR) is 123 cm³/mol. The first-order valence-corrected chi connectivity index (χ1v) is 11.3. The van der Waals surface area contributed by atoms with E-state index in [1.165, 1.54) is 36.9 Å². The van der Waals surface area contributed by atoms with Gasteiger partial charge in [0.2, 0.25) is 0 Å². The summed E-state index contributed by atoms with van der Waals surface area (Å²) in [4.78, 5) is 0. The van der Waals surface area contributed by atoms with Crippen molar-refractivity contribution in [2.45, 2.75) is 24.3 Å². The summed E-state index contributed by atoms with van der Waals surface area (Å²) in [5.41, 5.74) is 1.68. The molecule has 0 bridgehead atoms. The van der Waals surface area contributed by atoms with Crippen LogP contribution in [0.3, 0.4) is 0 Å². The Morgan fingerprint density at radius 3 is 1.44 bits per heavy atom. The summed E-state index contributed by atoms with van der Waals surface area (Å²) in [5.74, 6) is 0. The lowest BCUT2D eigenvalue weighted by Gasteiger charge is -2.12. The SMILES string of the molecule is FC(F)(F)c1ccc(CBr)c(-c2ccnnc2)c1.OCc1ccc(C(F)(F)F)cc1-c1ccnnc1. The summed E-state index contributed by atoms with van der Waals surface area (Å²) in [6.45, 7) is -0.338. The van der Waals surface area contributed by atoms with Gasteiger partial charge in [0, 0.05) is 16.5 Å². The maximum atomic E-state index is 12.7. The lowest BCUT2D eigenvalue weighted by molar-refractivity contribution is -0.138. The van der Waals surface area contributed by atoms with E-state index in [-0.39, 0.29) is 6.61 Å². The number of halogens is 7. The second-order valence-corrected chi connectivity index (χ2v) is 7.85. The Morgan fingerprint density at radius 2 is 1.08 bits per heavy atom. The van der Waals surface area contributed by atoms with E-state index in [1.54, 1.807) is 12.1 Å². The van der Waals surface area contributed by atoms with Gasteiger partial charge >= 0.3 is 12.4 Å². The van der Waals surface area contributed by atoms with Crippen LogP contribution in [0.2, 0.25) is 0 Å². The van der Waals surface area contributed by atoms with Crippen molar-refractivity contribution in [1.29, 1.82) is 0 Å². The number of hydrogen-bond donors (Lipinski definition) is 1. The van der Waals surface area contributed by atoms with Crippen molar-refractivity contribution in [2.24, 2.45) is 0 Å². The average molecular weight is 571 g/mol. The van der Waals surface area contributed by atoms with Crippen LogP contribution in [0.1, 0.15) is 22.3 Å². The van der Waals surface area contributed by atoms with Crippen LogP contribution >= 0.6 is 15.9 Å². The Bertz CT molecular complexity index is 1180. The molecule has 0 spiro atoms. The number of aromatic nitrogens is 4. The van der Waals surface area contributed by atoms with Crippen LogP contribution in [-0.2, 0) is 24.3 Å². The molecule has 0 atom stereocenters. The van der Waals surface area contributed by atoms with Crippen molar-refractivity contribution in [2.75, 3.05) is 0 Å². The summed E-state index contributed by atoms with van der Waals surface area (Å²) in [6, 6.07) is 10.1. The third-order valence-electron chi connectivity index (χ3n) is 4.98. The highest BCUT2D eigenvalue weighted by Gasteiger charge is 2.32. The minimum absolute atomic E-state index is 0.308. The van der Waals surface area contributed by atoms with E-state index in [9.17, 15) is 26.3 Å². The van der Waals surface area contributed by atoms with Gasteiger partial charge in [-0.2, -0.15) is 46.7 Å². The fourth-order valence-corrected chi connectivity index (χ4v) is 3.69. The summed E-state index contributed by atoms with van der Waals surface area (Å²) in [6.07, 6.45) is -3.12. The Labute approximate surface area is 210 Å². The molecule has 0 aliphatic carbocycles. The Morgan fingerprint density at radius 1 is 0.639 bits per heavy atom. The number of hydrogen-bond acceptors (Lipinski definition) is 5. The van der Waals surface area contributed by atoms with E-state index in [2.05, 4.69) is 36.3 Å². The van der Waals surface area contributed by atoms with Crippen LogP contribution in [0.25, 0.3) is 22.3 Å². The van der Waals surface area contributed by atoms with Crippen molar-refractivity contribution < 1.29 is 31.4 Å². The van der Waals surface area contributed by atoms with Crippen molar-refractivity contribution in [3.05, 3.63) is 95.6 Å². The number of alkyl halides is 7. The van der Waals surface area contributed by atoms with Crippen LogP contribution in [0.5, 0.6) is 0 Å². The second kappa shape index (κ2) is 11.6. The molecule has 4 rings (SSSR count). The van der Waals surface area contributed by atoms with Gasteiger partial charge in [0.05, 0.1) is 42.5 Å². The average Bonchev–Trinajstić information content (AvgIpc) is 2.88. The van der Waals surface area contributed by atoms with Crippen LogP contribution in [0.4, 0.5) is 26.3 Å². The number of aliphatic hydroxyl groups excluding tert-OH is 1. The molecular weight excluding hydrogens is 554 g/mol. The van der Waals surface area contributed by atoms with E-state index < -0.39 is 23.5 Å². The minimum Gasteiger partial charge on any atom is -0.392 e. The molecule has 0 unspecified atom stereocenters. The molecule has 0 fully saturated rings. The Balaban J connectivity index is 0.000000201. The van der Waals surface area contributed by atoms with Crippen LogP contribution < -0.4 is 0 Å². The van der Waals surface area contributed by atoms with Crippen molar-refractivity contribution in [1.82, 2.24) is 20.4 Å². The first-order chi connectivity index (χ1) is 17.0. The van der Waals surface area contributed by atoms with E-state index >= 15 is 0 Å². The van der Waals surface area contributed by atoms with E-state index in [0.717, 1.165) is 29.8 Å². The largest absolute Gasteiger partial charge is 0.416 e. The molecule has 2 aromatic heterocycles. The zero-order chi connectivity index (χ0) is 26.3. The summed E-state index contributed by atoms with van der Waals surface area (Å²) in [7, 11) is 0. The standard InChI is InChI=1S/C12H8BrF3N2.C12H9F3N2O/c13-6-8-1-2-10(12(14,15)16)5-11(8)9-3-4-17-18-7-9;13-12(14,15)10-2-1-9(7-18)11(5-10)8-3-4-16-17-6-8/h1-5,7H,6H2;1-6,18H,7H2. The normalized spacial score (nSPS) is 11.6. The van der Waals surface area contributed by atoms with E-state index in [1.807, 2.05) is 0 Å². The first kappa shape index (κ1) is 27.2. The third-order valence-corrected chi connectivity index (χ3v) is 5.58. The van der Waals surface area contributed by atoms with Crippen molar-refractivity contribution in [3.63, 3.8) is 0 Å². The van der Waals surface area contributed by atoms with Gasteiger partial charge in [-0.15, -0.1) is 0 Å². The molecule has 0 aliphatic rings. The minimum atomic E-state index is -4.41. The fraction of sp³-hybridized carbons (Fsp3) is 0.167. The molecule has 5 nitrogen and oxygen atoms in total. The summed E-state index contributed by atoms with van der Waals surface area (Å²) < 4.78 is 75.9. The Hall–Kier alpha value is -3.38. The Kier molecular flexibility index (Phi) is 8.75. The van der Waals surface area contributed by atoms with Gasteiger partial charge in [-0.3, -0.25) is 0 Å². The first-order valence-electron chi connectivity index (χ1n) is 10.2. The quantitative estimate of drug-likeness (QED) is 0.218. The summed E-state index contributed by atoms with van der Waals surface area (Å²) in [5, 5.41) is 24.1. The topological polar surface area (TPSA) is 71.8 Å². The van der Waals surface area contributed by atoms with E-state index in [0.29, 0.717) is 33.1 Å². The highest BCUT2D eigenvalue weighted by atomic mass is 79.9. The molecule has 0 radical (unpaired) electrons. The highest BCUT2D eigenvalue weighted by Crippen LogP contribution is 2.35. The maximum Gasteiger partial charge on any atom is 0.416 e. The van der Waals surface area contributed by atoms with Crippen molar-refractivity contribution >= 4 is 15.9 Å². The lowest BCUT2D eigenvalue weighted by atomic mass is 9.99. The molecule has 2 aromatic carbocycles.